The summed E-state index contributed by atoms with van der Waals surface area (Å²) in [6.45, 7) is 11.0. The van der Waals surface area contributed by atoms with E-state index in [1.54, 1.807) is 0 Å². The second-order valence-corrected chi connectivity index (χ2v) is 5.00. The molecule has 0 aromatic rings. The zero-order chi connectivity index (χ0) is 12.7. The van der Waals surface area contributed by atoms with Crippen molar-refractivity contribution in [1.29, 1.82) is 0 Å². The number of nitrogens with zero attached hydrogens (tertiary/aromatic N) is 1. The van der Waals surface area contributed by atoms with Gasteiger partial charge >= 0.3 is 5.97 Å². The molecule has 1 heterocycles. The maximum absolute atomic E-state index is 11.1. The molecule has 4 heteroatoms. The van der Waals surface area contributed by atoms with E-state index in [1.807, 2.05) is 6.92 Å². The Morgan fingerprint density at radius 2 is 2.29 bits per heavy atom. The van der Waals surface area contributed by atoms with Crippen molar-refractivity contribution in [3.05, 3.63) is 0 Å². The maximum Gasteiger partial charge on any atom is 0.307 e. The highest BCUT2D eigenvalue weighted by molar-refractivity contribution is 5.69. The first-order valence-electron chi connectivity index (χ1n) is 6.73. The lowest BCUT2D eigenvalue weighted by atomic mass is 10.1. The third-order valence-corrected chi connectivity index (χ3v) is 3.29. The summed E-state index contributed by atoms with van der Waals surface area (Å²) in [4.78, 5) is 13.6. The van der Waals surface area contributed by atoms with Crippen molar-refractivity contribution in [3.8, 4) is 0 Å². The van der Waals surface area contributed by atoms with Gasteiger partial charge in [-0.05, 0) is 46.2 Å². The molecule has 1 aliphatic rings. The van der Waals surface area contributed by atoms with Crippen LogP contribution in [0.25, 0.3) is 0 Å². The van der Waals surface area contributed by atoms with Crippen LogP contribution < -0.4 is 5.32 Å². The van der Waals surface area contributed by atoms with E-state index in [1.165, 1.54) is 19.5 Å². The fourth-order valence-corrected chi connectivity index (χ4v) is 2.23. The standard InChI is InChI=1S/C13H26N2O2/c1-4-17-13(16)5-7-14-9-12-6-8-15(10-12)11(2)3/h11-12,14H,4-10H2,1-3H3. The van der Waals surface area contributed by atoms with Gasteiger partial charge in [0.05, 0.1) is 13.0 Å². The second-order valence-electron chi connectivity index (χ2n) is 5.00. The summed E-state index contributed by atoms with van der Waals surface area (Å²) in [7, 11) is 0. The molecule has 0 aromatic carbocycles. The molecule has 0 aromatic heterocycles. The van der Waals surface area contributed by atoms with Gasteiger partial charge in [-0.25, -0.2) is 0 Å². The van der Waals surface area contributed by atoms with Crippen LogP contribution in [0.5, 0.6) is 0 Å². The first-order chi connectivity index (χ1) is 8.13. The quantitative estimate of drug-likeness (QED) is 0.539. The van der Waals surface area contributed by atoms with Crippen molar-refractivity contribution in [3.63, 3.8) is 0 Å². The zero-order valence-corrected chi connectivity index (χ0v) is 11.4. The number of carbonyl (C=O) groups is 1. The van der Waals surface area contributed by atoms with Gasteiger partial charge in [-0.3, -0.25) is 4.79 Å². The highest BCUT2D eigenvalue weighted by Crippen LogP contribution is 2.17. The van der Waals surface area contributed by atoms with E-state index in [4.69, 9.17) is 4.74 Å². The first-order valence-corrected chi connectivity index (χ1v) is 6.73. The number of hydrogen-bond donors (Lipinski definition) is 1. The molecule has 4 nitrogen and oxygen atoms in total. The normalized spacial score (nSPS) is 21.1. The average Bonchev–Trinajstić information content (AvgIpc) is 2.73. The first kappa shape index (κ1) is 14.5. The number of nitrogens with one attached hydrogen (secondary N) is 1. The molecule has 0 spiro atoms. The molecule has 1 unspecified atom stereocenters. The van der Waals surface area contributed by atoms with Gasteiger partial charge in [-0.15, -0.1) is 0 Å². The van der Waals surface area contributed by atoms with Crippen molar-refractivity contribution in [1.82, 2.24) is 10.2 Å². The van der Waals surface area contributed by atoms with Gasteiger partial charge in [0, 0.05) is 19.1 Å². The molecule has 0 amide bonds. The minimum atomic E-state index is -0.102. The van der Waals surface area contributed by atoms with E-state index in [0.29, 0.717) is 19.1 Å². The van der Waals surface area contributed by atoms with Gasteiger partial charge in [0.1, 0.15) is 0 Å². The molecule has 1 atom stereocenters. The molecule has 1 saturated heterocycles. The number of hydrogen-bond acceptors (Lipinski definition) is 4. The van der Waals surface area contributed by atoms with Crippen molar-refractivity contribution >= 4 is 5.97 Å². The van der Waals surface area contributed by atoms with Gasteiger partial charge < -0.3 is 15.0 Å². The zero-order valence-electron chi connectivity index (χ0n) is 11.4. The van der Waals surface area contributed by atoms with Crippen LogP contribution in [0.3, 0.4) is 0 Å². The van der Waals surface area contributed by atoms with Gasteiger partial charge in [0.2, 0.25) is 0 Å². The third-order valence-electron chi connectivity index (χ3n) is 3.29. The fraction of sp³-hybridized carbons (Fsp3) is 0.923. The SMILES string of the molecule is CCOC(=O)CCNCC1CCN(C(C)C)C1. The molecule has 0 bridgehead atoms. The highest BCUT2D eigenvalue weighted by atomic mass is 16.5. The van der Waals surface area contributed by atoms with Crippen molar-refractivity contribution in [2.24, 2.45) is 5.92 Å². The Bertz CT molecular complexity index is 231. The Balaban J connectivity index is 2.02. The Hall–Kier alpha value is -0.610. The van der Waals surface area contributed by atoms with Crippen LogP contribution in [-0.2, 0) is 9.53 Å². The van der Waals surface area contributed by atoms with Crippen LogP contribution in [-0.4, -0.2) is 49.7 Å². The van der Waals surface area contributed by atoms with E-state index in [9.17, 15) is 4.79 Å². The van der Waals surface area contributed by atoms with Crippen LogP contribution in [0.4, 0.5) is 0 Å². The van der Waals surface area contributed by atoms with Gasteiger partial charge in [-0.2, -0.15) is 0 Å². The van der Waals surface area contributed by atoms with Crippen molar-refractivity contribution < 1.29 is 9.53 Å². The monoisotopic (exact) mass is 242 g/mol. The van der Waals surface area contributed by atoms with Crippen LogP contribution in [0.15, 0.2) is 0 Å². The number of rotatable bonds is 7. The number of carbonyl (C=O) groups excluding carboxylic acids is 1. The minimum Gasteiger partial charge on any atom is -0.466 e. The summed E-state index contributed by atoms with van der Waals surface area (Å²) >= 11 is 0. The topological polar surface area (TPSA) is 41.6 Å². The van der Waals surface area contributed by atoms with E-state index in [2.05, 4.69) is 24.1 Å². The van der Waals surface area contributed by atoms with E-state index >= 15 is 0 Å². The third kappa shape index (κ3) is 5.50. The van der Waals surface area contributed by atoms with E-state index in [-0.39, 0.29) is 5.97 Å². The molecule has 100 valence electrons. The summed E-state index contributed by atoms with van der Waals surface area (Å²) in [6.07, 6.45) is 1.75. The number of ether oxygens (including phenoxy) is 1. The van der Waals surface area contributed by atoms with Crippen LogP contribution in [0.1, 0.15) is 33.6 Å². The summed E-state index contributed by atoms with van der Waals surface area (Å²) in [5.74, 6) is 0.634. The summed E-state index contributed by atoms with van der Waals surface area (Å²) < 4.78 is 4.88. The summed E-state index contributed by atoms with van der Waals surface area (Å²) in [6, 6.07) is 0.652. The van der Waals surface area contributed by atoms with Crippen molar-refractivity contribution in [2.75, 3.05) is 32.8 Å². The van der Waals surface area contributed by atoms with E-state index < -0.39 is 0 Å². The molecule has 1 rings (SSSR count). The lowest BCUT2D eigenvalue weighted by Gasteiger charge is -2.20. The predicted octanol–water partition coefficient (Wildman–Crippen LogP) is 1.26. The molecule has 1 aliphatic heterocycles. The number of esters is 1. The molecule has 1 N–H and O–H groups in total. The predicted molar refractivity (Wildman–Crippen MR) is 68.9 cm³/mol. The van der Waals surface area contributed by atoms with Gasteiger partial charge in [0.25, 0.3) is 0 Å². The Morgan fingerprint density at radius 1 is 1.53 bits per heavy atom. The fourth-order valence-electron chi connectivity index (χ4n) is 2.23. The van der Waals surface area contributed by atoms with Gasteiger partial charge in [-0.1, -0.05) is 0 Å². The smallest absolute Gasteiger partial charge is 0.307 e. The van der Waals surface area contributed by atoms with Crippen LogP contribution >= 0.6 is 0 Å². The molecule has 17 heavy (non-hydrogen) atoms. The minimum absolute atomic E-state index is 0.102. The Kier molecular flexibility index (Phi) is 6.52. The Morgan fingerprint density at radius 3 is 2.88 bits per heavy atom. The van der Waals surface area contributed by atoms with Crippen LogP contribution in [0.2, 0.25) is 0 Å². The maximum atomic E-state index is 11.1. The van der Waals surface area contributed by atoms with Crippen molar-refractivity contribution in [2.45, 2.75) is 39.7 Å². The molecule has 0 saturated carbocycles. The Labute approximate surface area is 105 Å². The molecule has 1 fully saturated rings. The highest BCUT2D eigenvalue weighted by Gasteiger charge is 2.23. The molecular weight excluding hydrogens is 216 g/mol. The summed E-state index contributed by atoms with van der Waals surface area (Å²) in [5.41, 5.74) is 0. The largest absolute Gasteiger partial charge is 0.466 e. The lowest BCUT2D eigenvalue weighted by molar-refractivity contribution is -0.142. The number of likely N-dealkylation sites (tertiary alicyclic amines) is 1. The molecular formula is C13H26N2O2. The van der Waals surface area contributed by atoms with Gasteiger partial charge in [0.15, 0.2) is 0 Å². The summed E-state index contributed by atoms with van der Waals surface area (Å²) in [5, 5.41) is 3.35. The van der Waals surface area contributed by atoms with E-state index in [0.717, 1.165) is 19.0 Å². The molecule has 0 radical (unpaired) electrons. The molecule has 0 aliphatic carbocycles. The van der Waals surface area contributed by atoms with Crippen LogP contribution in [0, 0.1) is 5.92 Å². The second kappa shape index (κ2) is 7.67. The lowest BCUT2D eigenvalue weighted by Crippen LogP contribution is -2.31. The average molecular weight is 242 g/mol.